The number of halogens is 1. The van der Waals surface area contributed by atoms with E-state index in [2.05, 4.69) is 4.98 Å². The molecule has 4 nitrogen and oxygen atoms in total. The van der Waals surface area contributed by atoms with Gasteiger partial charge in [0, 0.05) is 26.1 Å². The Morgan fingerprint density at radius 1 is 1.42 bits per heavy atom. The van der Waals surface area contributed by atoms with Crippen molar-refractivity contribution < 1.29 is 9.84 Å². The van der Waals surface area contributed by atoms with Crippen molar-refractivity contribution in [3.63, 3.8) is 0 Å². The second-order valence-electron chi connectivity index (χ2n) is 4.48. The third-order valence-corrected chi connectivity index (χ3v) is 3.20. The lowest BCUT2D eigenvalue weighted by molar-refractivity contribution is 0.0694. The number of nitrogens with zero attached hydrogens (tertiary/aromatic N) is 2. The third kappa shape index (κ3) is 3.35. The molecule has 0 aliphatic carbocycles. The highest BCUT2D eigenvalue weighted by Gasteiger charge is 2.11. The summed E-state index contributed by atoms with van der Waals surface area (Å²) >= 11 is 6.18. The fraction of sp³-hybridized carbons (Fsp3) is 0.357. The fourth-order valence-electron chi connectivity index (χ4n) is 1.99. The van der Waals surface area contributed by atoms with E-state index in [1.165, 1.54) is 0 Å². The number of methoxy groups -OCH3 is 1. The predicted octanol–water partition coefficient (Wildman–Crippen LogP) is 2.33. The number of ether oxygens (including phenoxy) is 1. The number of benzene rings is 1. The van der Waals surface area contributed by atoms with Gasteiger partial charge in [0.25, 0.3) is 0 Å². The van der Waals surface area contributed by atoms with Gasteiger partial charge in [0.15, 0.2) is 0 Å². The smallest absolute Gasteiger partial charge is 0.139 e. The van der Waals surface area contributed by atoms with Gasteiger partial charge in [-0.25, -0.2) is 4.98 Å². The molecule has 1 heterocycles. The van der Waals surface area contributed by atoms with E-state index < -0.39 is 6.10 Å². The van der Waals surface area contributed by atoms with Gasteiger partial charge in [-0.2, -0.15) is 0 Å². The van der Waals surface area contributed by atoms with Gasteiger partial charge in [-0.15, -0.1) is 0 Å². The summed E-state index contributed by atoms with van der Waals surface area (Å²) in [5, 5.41) is 12.2. The molecule has 0 saturated heterocycles. The second-order valence-corrected chi connectivity index (χ2v) is 4.84. The van der Waals surface area contributed by atoms with Gasteiger partial charge in [0.1, 0.15) is 11.0 Å². The van der Waals surface area contributed by atoms with Crippen LogP contribution in [-0.4, -0.2) is 43.5 Å². The van der Waals surface area contributed by atoms with Gasteiger partial charge in [-0.05, 0) is 11.5 Å². The van der Waals surface area contributed by atoms with Gasteiger partial charge in [-0.1, -0.05) is 35.9 Å². The molecule has 1 atom stereocenters. The van der Waals surface area contributed by atoms with Crippen molar-refractivity contribution in [2.75, 3.05) is 32.2 Å². The van der Waals surface area contributed by atoms with Gasteiger partial charge >= 0.3 is 0 Å². The molecule has 1 N–H and O–H groups in total. The van der Waals surface area contributed by atoms with Gasteiger partial charge < -0.3 is 14.7 Å². The largest absolute Gasteiger partial charge is 0.389 e. The number of pyridine rings is 1. The molecule has 0 spiro atoms. The normalized spacial score (nSPS) is 12.6. The zero-order valence-electron chi connectivity index (χ0n) is 11.0. The SMILES string of the molecule is COC[C@H](O)CN(C)c1cc2ccccc2c(Cl)n1. The van der Waals surface area contributed by atoms with E-state index in [0.717, 1.165) is 16.6 Å². The van der Waals surface area contributed by atoms with Crippen LogP contribution in [0, 0.1) is 0 Å². The van der Waals surface area contributed by atoms with Crippen LogP contribution in [0.4, 0.5) is 5.82 Å². The molecule has 0 aliphatic heterocycles. The minimum absolute atomic E-state index is 0.297. The molecule has 0 radical (unpaired) electrons. The van der Waals surface area contributed by atoms with Crippen molar-refractivity contribution in [2.45, 2.75) is 6.10 Å². The zero-order chi connectivity index (χ0) is 13.8. The summed E-state index contributed by atoms with van der Waals surface area (Å²) in [5.41, 5.74) is 0. The van der Waals surface area contributed by atoms with Crippen LogP contribution in [-0.2, 0) is 4.74 Å². The summed E-state index contributed by atoms with van der Waals surface area (Å²) in [4.78, 5) is 6.22. The van der Waals surface area contributed by atoms with Crippen molar-refractivity contribution in [1.29, 1.82) is 0 Å². The molecule has 19 heavy (non-hydrogen) atoms. The zero-order valence-corrected chi connectivity index (χ0v) is 11.8. The maximum absolute atomic E-state index is 9.74. The minimum Gasteiger partial charge on any atom is -0.389 e. The summed E-state index contributed by atoms with van der Waals surface area (Å²) < 4.78 is 4.91. The molecular formula is C14H17ClN2O2. The quantitative estimate of drug-likeness (QED) is 0.854. The molecule has 0 bridgehead atoms. The summed E-state index contributed by atoms with van der Waals surface area (Å²) in [6.45, 7) is 0.737. The average molecular weight is 281 g/mol. The Morgan fingerprint density at radius 3 is 2.89 bits per heavy atom. The molecule has 102 valence electrons. The monoisotopic (exact) mass is 280 g/mol. The number of rotatable bonds is 5. The van der Waals surface area contributed by atoms with Crippen molar-refractivity contribution in [1.82, 2.24) is 4.98 Å². The van der Waals surface area contributed by atoms with E-state index >= 15 is 0 Å². The molecule has 2 aromatic rings. The number of aliphatic hydroxyl groups excluding tert-OH is 1. The Balaban J connectivity index is 2.25. The van der Waals surface area contributed by atoms with Crippen LogP contribution in [0.25, 0.3) is 10.8 Å². The van der Waals surface area contributed by atoms with Gasteiger partial charge in [0.05, 0.1) is 12.7 Å². The standard InChI is InChI=1S/C14H17ClN2O2/c1-17(8-11(18)9-19-2)13-7-10-5-3-4-6-12(10)14(15)16-13/h3-7,11,18H,8-9H2,1-2H3/t11-/m1/s1. The first kappa shape index (κ1) is 14.1. The van der Waals surface area contributed by atoms with Gasteiger partial charge in [-0.3, -0.25) is 0 Å². The van der Waals surface area contributed by atoms with Crippen molar-refractivity contribution in [3.05, 3.63) is 35.5 Å². The van der Waals surface area contributed by atoms with Crippen molar-refractivity contribution in [3.8, 4) is 0 Å². The number of likely N-dealkylation sites (N-methyl/N-ethyl adjacent to an activating group) is 1. The molecule has 0 aliphatic rings. The van der Waals surface area contributed by atoms with Crippen LogP contribution in [0.2, 0.25) is 5.15 Å². The third-order valence-electron chi connectivity index (χ3n) is 2.92. The number of hydrogen-bond donors (Lipinski definition) is 1. The molecule has 0 amide bonds. The van der Waals surface area contributed by atoms with Crippen LogP contribution in [0.15, 0.2) is 30.3 Å². The first-order valence-electron chi connectivity index (χ1n) is 6.05. The van der Waals surface area contributed by atoms with Crippen LogP contribution >= 0.6 is 11.6 Å². The van der Waals surface area contributed by atoms with E-state index in [9.17, 15) is 5.11 Å². The van der Waals surface area contributed by atoms with Crippen molar-refractivity contribution in [2.24, 2.45) is 0 Å². The number of aliphatic hydroxyl groups is 1. The van der Waals surface area contributed by atoms with Crippen LogP contribution in [0.3, 0.4) is 0 Å². The van der Waals surface area contributed by atoms with E-state index in [0.29, 0.717) is 18.3 Å². The lowest BCUT2D eigenvalue weighted by Crippen LogP contribution is -2.32. The number of fused-ring (bicyclic) bond motifs is 1. The van der Waals surface area contributed by atoms with E-state index in [1.54, 1.807) is 7.11 Å². The molecule has 5 heteroatoms. The second kappa shape index (κ2) is 6.19. The molecular weight excluding hydrogens is 264 g/mol. The minimum atomic E-state index is -0.554. The molecule has 0 saturated carbocycles. The molecule has 1 aromatic carbocycles. The maximum atomic E-state index is 9.74. The number of anilines is 1. The van der Waals surface area contributed by atoms with Crippen molar-refractivity contribution >= 4 is 28.2 Å². The first-order valence-corrected chi connectivity index (χ1v) is 6.43. The van der Waals surface area contributed by atoms with E-state index in [-0.39, 0.29) is 0 Å². The Kier molecular flexibility index (Phi) is 4.58. The highest BCUT2D eigenvalue weighted by molar-refractivity contribution is 6.34. The first-order chi connectivity index (χ1) is 9.11. The van der Waals surface area contributed by atoms with Crippen LogP contribution in [0.1, 0.15) is 0 Å². The highest BCUT2D eigenvalue weighted by atomic mass is 35.5. The average Bonchev–Trinajstić information content (AvgIpc) is 2.39. The molecule has 0 unspecified atom stereocenters. The number of aromatic nitrogens is 1. The summed E-state index contributed by atoms with van der Waals surface area (Å²) in [5.74, 6) is 0.735. The van der Waals surface area contributed by atoms with Crippen LogP contribution < -0.4 is 4.90 Å². The van der Waals surface area contributed by atoms with Crippen LogP contribution in [0.5, 0.6) is 0 Å². The Labute approximate surface area is 117 Å². The fourth-order valence-corrected chi connectivity index (χ4v) is 2.25. The lowest BCUT2D eigenvalue weighted by Gasteiger charge is -2.22. The Bertz CT molecular complexity index is 562. The predicted molar refractivity (Wildman–Crippen MR) is 77.9 cm³/mol. The number of hydrogen-bond acceptors (Lipinski definition) is 4. The van der Waals surface area contributed by atoms with Gasteiger partial charge in [0.2, 0.25) is 0 Å². The van der Waals surface area contributed by atoms with E-state index in [1.807, 2.05) is 42.3 Å². The summed E-state index contributed by atoms with van der Waals surface area (Å²) in [7, 11) is 3.43. The van der Waals surface area contributed by atoms with E-state index in [4.69, 9.17) is 16.3 Å². The summed E-state index contributed by atoms with van der Waals surface area (Å²) in [6, 6.07) is 9.78. The Hall–Kier alpha value is -1.36. The topological polar surface area (TPSA) is 45.6 Å². The molecule has 2 rings (SSSR count). The maximum Gasteiger partial charge on any atom is 0.139 e. The Morgan fingerprint density at radius 2 is 2.16 bits per heavy atom. The lowest BCUT2D eigenvalue weighted by atomic mass is 10.2. The highest BCUT2D eigenvalue weighted by Crippen LogP contribution is 2.25. The molecule has 0 fully saturated rings. The molecule has 1 aromatic heterocycles. The summed E-state index contributed by atoms with van der Waals surface area (Å²) in [6.07, 6.45) is -0.554.